The first kappa shape index (κ1) is 18.4. The fourth-order valence-corrected chi connectivity index (χ4v) is 3.01. The van der Waals surface area contributed by atoms with Crippen LogP contribution in [0.5, 0.6) is 0 Å². The smallest absolute Gasteiger partial charge is 0.192 e. The largest absolute Gasteiger partial charge is 0.359 e. The number of aliphatic imine (C=N–C) groups is 1. The van der Waals surface area contributed by atoms with Crippen LogP contribution in [0.25, 0.3) is 0 Å². The third kappa shape index (κ3) is 4.62. The summed E-state index contributed by atoms with van der Waals surface area (Å²) >= 11 is 0. The number of hydrogen-bond donors (Lipinski definition) is 2. The Morgan fingerprint density at radius 3 is 2.73 bits per heavy atom. The molecule has 142 valence electrons. The number of nitrogens with one attached hydrogen (secondary N) is 2. The lowest BCUT2D eigenvalue weighted by molar-refractivity contribution is 0.371. The standard InChI is InChI=1S/C18H29N7O/c1-12(2)16-9-15(26-24-16)10-19-18(21-14-7-5-6-8-14)20-11-17-23-22-13(3)25(17)4/h9,12,14H,5-8,10-11H2,1-4H3,(H2,19,20,21). The van der Waals surface area contributed by atoms with Crippen molar-refractivity contribution in [1.29, 1.82) is 0 Å². The fraction of sp³-hybridized carbons (Fsp3) is 0.667. The SMILES string of the molecule is Cc1nnc(CN=C(NCc2cc(C(C)C)no2)NC2CCCC2)n1C. The monoisotopic (exact) mass is 359 g/mol. The van der Waals surface area contributed by atoms with Gasteiger partial charge in [-0.3, -0.25) is 0 Å². The Morgan fingerprint density at radius 2 is 2.12 bits per heavy atom. The topological polar surface area (TPSA) is 93.2 Å². The van der Waals surface area contributed by atoms with E-state index in [2.05, 4.69) is 39.8 Å². The van der Waals surface area contributed by atoms with E-state index in [4.69, 9.17) is 9.52 Å². The van der Waals surface area contributed by atoms with E-state index >= 15 is 0 Å². The maximum absolute atomic E-state index is 5.41. The molecule has 8 heteroatoms. The van der Waals surface area contributed by atoms with Gasteiger partial charge in [0, 0.05) is 19.2 Å². The number of guanidine groups is 1. The summed E-state index contributed by atoms with van der Waals surface area (Å²) in [5.74, 6) is 3.67. The van der Waals surface area contributed by atoms with Gasteiger partial charge in [0.25, 0.3) is 0 Å². The molecular formula is C18H29N7O. The molecule has 2 aromatic rings. The van der Waals surface area contributed by atoms with Crippen LogP contribution < -0.4 is 10.6 Å². The summed E-state index contributed by atoms with van der Waals surface area (Å²) in [7, 11) is 1.96. The predicted molar refractivity (Wildman–Crippen MR) is 99.7 cm³/mol. The van der Waals surface area contributed by atoms with Gasteiger partial charge in [0.05, 0.1) is 12.2 Å². The van der Waals surface area contributed by atoms with Crippen molar-refractivity contribution in [1.82, 2.24) is 30.6 Å². The Hall–Kier alpha value is -2.38. The van der Waals surface area contributed by atoms with Gasteiger partial charge in [-0.05, 0) is 25.7 Å². The van der Waals surface area contributed by atoms with Crippen LogP contribution in [0.1, 0.15) is 68.6 Å². The molecule has 1 fully saturated rings. The highest BCUT2D eigenvalue weighted by Gasteiger charge is 2.17. The van der Waals surface area contributed by atoms with Gasteiger partial charge in [0.2, 0.25) is 0 Å². The highest BCUT2D eigenvalue weighted by Crippen LogP contribution is 2.17. The Morgan fingerprint density at radius 1 is 1.35 bits per heavy atom. The Kier molecular flexibility index (Phi) is 5.90. The highest BCUT2D eigenvalue weighted by atomic mass is 16.5. The average molecular weight is 359 g/mol. The molecule has 0 saturated heterocycles. The maximum atomic E-state index is 5.41. The lowest BCUT2D eigenvalue weighted by atomic mass is 10.1. The van der Waals surface area contributed by atoms with E-state index in [0.717, 1.165) is 29.1 Å². The maximum Gasteiger partial charge on any atom is 0.192 e. The molecule has 0 unspecified atom stereocenters. The molecule has 8 nitrogen and oxygen atoms in total. The molecule has 1 saturated carbocycles. The molecular weight excluding hydrogens is 330 g/mol. The van der Waals surface area contributed by atoms with Crippen LogP contribution in [0.4, 0.5) is 0 Å². The molecule has 2 heterocycles. The third-order valence-electron chi connectivity index (χ3n) is 4.86. The van der Waals surface area contributed by atoms with Gasteiger partial charge in [-0.2, -0.15) is 0 Å². The number of hydrogen-bond acceptors (Lipinski definition) is 5. The van der Waals surface area contributed by atoms with Crippen LogP contribution in [0.3, 0.4) is 0 Å². The van der Waals surface area contributed by atoms with Crippen molar-refractivity contribution in [3.63, 3.8) is 0 Å². The zero-order chi connectivity index (χ0) is 18.5. The van der Waals surface area contributed by atoms with E-state index in [1.165, 1.54) is 25.7 Å². The van der Waals surface area contributed by atoms with Gasteiger partial charge in [-0.25, -0.2) is 4.99 Å². The van der Waals surface area contributed by atoms with Crippen molar-refractivity contribution >= 4 is 5.96 Å². The zero-order valence-corrected chi connectivity index (χ0v) is 16.1. The molecule has 0 spiro atoms. The van der Waals surface area contributed by atoms with Gasteiger partial charge in [-0.1, -0.05) is 31.8 Å². The molecule has 0 aromatic carbocycles. The molecule has 2 aromatic heterocycles. The fourth-order valence-electron chi connectivity index (χ4n) is 3.01. The molecule has 0 bridgehead atoms. The van der Waals surface area contributed by atoms with Crippen LogP contribution in [0.2, 0.25) is 0 Å². The van der Waals surface area contributed by atoms with Crippen LogP contribution in [0, 0.1) is 6.92 Å². The van der Waals surface area contributed by atoms with Gasteiger partial charge < -0.3 is 19.7 Å². The second-order valence-corrected chi connectivity index (χ2v) is 7.24. The molecule has 0 atom stereocenters. The summed E-state index contributed by atoms with van der Waals surface area (Å²) in [5.41, 5.74) is 0.971. The van der Waals surface area contributed by atoms with E-state index in [1.54, 1.807) is 0 Å². The molecule has 0 amide bonds. The van der Waals surface area contributed by atoms with Crippen LogP contribution in [-0.4, -0.2) is 31.9 Å². The number of rotatable bonds is 6. The Labute approximate surface area is 154 Å². The first-order valence-corrected chi connectivity index (χ1v) is 9.38. The van der Waals surface area contributed by atoms with Gasteiger partial charge >= 0.3 is 0 Å². The van der Waals surface area contributed by atoms with Crippen molar-refractivity contribution in [3.8, 4) is 0 Å². The summed E-state index contributed by atoms with van der Waals surface area (Å²) in [5, 5.41) is 19.3. The number of nitrogens with zero attached hydrogens (tertiary/aromatic N) is 5. The van der Waals surface area contributed by atoms with Crippen molar-refractivity contribution in [2.75, 3.05) is 0 Å². The van der Waals surface area contributed by atoms with E-state index in [0.29, 0.717) is 25.0 Å². The first-order valence-electron chi connectivity index (χ1n) is 9.38. The number of aromatic nitrogens is 4. The van der Waals surface area contributed by atoms with Gasteiger partial charge in [-0.15, -0.1) is 10.2 Å². The second-order valence-electron chi connectivity index (χ2n) is 7.24. The average Bonchev–Trinajstić information content (AvgIpc) is 3.35. The van der Waals surface area contributed by atoms with Crippen molar-refractivity contribution < 1.29 is 4.52 Å². The Balaban J connectivity index is 1.65. The lowest BCUT2D eigenvalue weighted by Crippen LogP contribution is -2.42. The Bertz CT molecular complexity index is 741. The summed E-state index contributed by atoms with van der Waals surface area (Å²) in [6, 6.07) is 2.47. The summed E-state index contributed by atoms with van der Waals surface area (Å²) in [6.45, 7) is 7.18. The molecule has 1 aliphatic rings. The molecule has 2 N–H and O–H groups in total. The summed E-state index contributed by atoms with van der Waals surface area (Å²) in [4.78, 5) is 4.70. The van der Waals surface area contributed by atoms with Crippen LogP contribution in [-0.2, 0) is 20.1 Å². The van der Waals surface area contributed by atoms with E-state index < -0.39 is 0 Å². The van der Waals surface area contributed by atoms with Crippen molar-refractivity contribution in [2.45, 2.75) is 71.5 Å². The first-order chi connectivity index (χ1) is 12.5. The molecule has 0 radical (unpaired) electrons. The molecule has 3 rings (SSSR count). The zero-order valence-electron chi connectivity index (χ0n) is 16.1. The number of aryl methyl sites for hydroxylation is 1. The second kappa shape index (κ2) is 8.33. The summed E-state index contributed by atoms with van der Waals surface area (Å²) < 4.78 is 7.37. The van der Waals surface area contributed by atoms with Gasteiger partial charge in [0.1, 0.15) is 12.4 Å². The van der Waals surface area contributed by atoms with E-state index in [1.807, 2.05) is 24.6 Å². The predicted octanol–water partition coefficient (Wildman–Crippen LogP) is 2.41. The van der Waals surface area contributed by atoms with Crippen molar-refractivity contribution in [3.05, 3.63) is 29.2 Å². The lowest BCUT2D eigenvalue weighted by Gasteiger charge is -2.16. The van der Waals surface area contributed by atoms with E-state index in [-0.39, 0.29) is 0 Å². The normalized spacial score (nSPS) is 15.8. The van der Waals surface area contributed by atoms with Gasteiger partial charge in [0.15, 0.2) is 17.5 Å². The van der Waals surface area contributed by atoms with E-state index in [9.17, 15) is 0 Å². The molecule has 0 aliphatic heterocycles. The van der Waals surface area contributed by atoms with Crippen LogP contribution >= 0.6 is 0 Å². The minimum atomic E-state index is 0.358. The minimum absolute atomic E-state index is 0.358. The van der Waals surface area contributed by atoms with Crippen LogP contribution in [0.15, 0.2) is 15.6 Å². The van der Waals surface area contributed by atoms with Crippen molar-refractivity contribution in [2.24, 2.45) is 12.0 Å². The highest BCUT2D eigenvalue weighted by molar-refractivity contribution is 5.80. The summed E-state index contributed by atoms with van der Waals surface area (Å²) in [6.07, 6.45) is 4.91. The quantitative estimate of drug-likeness (QED) is 0.608. The molecule has 1 aliphatic carbocycles. The minimum Gasteiger partial charge on any atom is -0.359 e. The molecule has 26 heavy (non-hydrogen) atoms. The third-order valence-corrected chi connectivity index (χ3v) is 4.86.